The molecule has 0 spiro atoms. The lowest BCUT2D eigenvalue weighted by Gasteiger charge is -2.21. The number of aliphatic hydroxyl groups excluding tert-OH is 1. The maximum absolute atomic E-state index is 13.2. The highest BCUT2D eigenvalue weighted by molar-refractivity contribution is 7.47. The summed E-state index contributed by atoms with van der Waals surface area (Å²) in [6.07, 6.45) is 68.1. The van der Waals surface area contributed by atoms with E-state index in [0.29, 0.717) is 25.7 Å². The van der Waals surface area contributed by atoms with Crippen LogP contribution in [0.1, 0.15) is 466 Å². The molecule has 0 heterocycles. The van der Waals surface area contributed by atoms with Crippen LogP contribution in [0, 0.1) is 23.7 Å². The smallest absolute Gasteiger partial charge is 0.462 e. The topological polar surface area (TPSA) is 237 Å². The molecule has 3 N–H and O–H groups in total. The summed E-state index contributed by atoms with van der Waals surface area (Å²) in [4.78, 5) is 73.3. The highest BCUT2D eigenvalue weighted by Gasteiger charge is 2.31. The molecule has 0 rings (SSSR count). The van der Waals surface area contributed by atoms with Gasteiger partial charge in [-0.1, -0.05) is 415 Å². The van der Waals surface area contributed by atoms with Crippen LogP contribution in [0.5, 0.6) is 0 Å². The normalized spacial score (nSPS) is 14.4. The minimum absolute atomic E-state index is 0.107. The molecule has 17 nitrogen and oxygen atoms in total. The molecule has 0 aromatic carbocycles. The molecule has 0 aliphatic rings. The maximum Gasteiger partial charge on any atom is 0.472 e. The fraction of sp³-hybridized carbons (Fsp3) is 0.955. The van der Waals surface area contributed by atoms with Gasteiger partial charge in [-0.2, -0.15) is 0 Å². The van der Waals surface area contributed by atoms with Crippen LogP contribution in [0.4, 0.5) is 0 Å². The van der Waals surface area contributed by atoms with Crippen molar-refractivity contribution >= 4 is 39.5 Å². The minimum Gasteiger partial charge on any atom is -0.462 e. The minimum atomic E-state index is -4.97. The van der Waals surface area contributed by atoms with Gasteiger partial charge < -0.3 is 33.8 Å². The van der Waals surface area contributed by atoms with Gasteiger partial charge >= 0.3 is 39.5 Å². The Morgan fingerprint density at radius 1 is 0.259 bits per heavy atom. The fourth-order valence-electron chi connectivity index (χ4n) is 13.8. The molecule has 108 heavy (non-hydrogen) atoms. The van der Waals surface area contributed by atoms with E-state index in [1.165, 1.54) is 263 Å². The van der Waals surface area contributed by atoms with E-state index in [9.17, 15) is 43.2 Å². The Kier molecular flexibility index (Phi) is 76.2. The van der Waals surface area contributed by atoms with Gasteiger partial charge in [0.25, 0.3) is 0 Å². The third-order valence-corrected chi connectivity index (χ3v) is 23.4. The molecule has 0 aliphatic carbocycles. The highest BCUT2D eigenvalue weighted by atomic mass is 31.2. The van der Waals surface area contributed by atoms with Gasteiger partial charge in [0.2, 0.25) is 0 Å². The summed E-state index contributed by atoms with van der Waals surface area (Å²) in [6.45, 7) is 14.4. The van der Waals surface area contributed by atoms with E-state index in [4.69, 9.17) is 37.0 Å². The van der Waals surface area contributed by atoms with Crippen molar-refractivity contribution in [3.05, 3.63) is 0 Å². The third-order valence-electron chi connectivity index (χ3n) is 21.5. The molecule has 0 saturated heterocycles. The average molecular weight is 1580 g/mol. The lowest BCUT2D eigenvalue weighted by atomic mass is 9.99. The molecule has 0 saturated carbocycles. The summed E-state index contributed by atoms with van der Waals surface area (Å²) in [5.41, 5.74) is 0. The summed E-state index contributed by atoms with van der Waals surface area (Å²) in [6, 6.07) is 0. The van der Waals surface area contributed by atoms with E-state index >= 15 is 0 Å². The molecule has 0 radical (unpaired) electrons. The number of phosphoric ester groups is 2. The SMILES string of the molecule is CCC(C)CCCCCCCCCCCCCCCCCCCCC(=O)O[C@H](COC(=O)CCCCCCCCCCCCCCCCCCC(C)C)COP(=O)(O)OC[C@@H](O)COP(=O)(O)OC[C@@H](COC(=O)CCCCCCCCC(C)CC)OC(=O)CCCCCCCCCCCCCCCCC(C)C. The summed E-state index contributed by atoms with van der Waals surface area (Å²) >= 11 is 0. The number of carbonyl (C=O) groups excluding carboxylic acids is 4. The maximum atomic E-state index is 13.2. The van der Waals surface area contributed by atoms with Gasteiger partial charge in [0.15, 0.2) is 12.2 Å². The van der Waals surface area contributed by atoms with Crippen molar-refractivity contribution in [1.29, 1.82) is 0 Å². The molecule has 19 heteroatoms. The molecule has 0 amide bonds. The quantitative estimate of drug-likeness (QED) is 0.0222. The number of aliphatic hydroxyl groups is 1. The molecular formula is C89H174O17P2. The van der Waals surface area contributed by atoms with Crippen LogP contribution in [-0.2, 0) is 65.4 Å². The highest BCUT2D eigenvalue weighted by Crippen LogP contribution is 2.45. The molecule has 0 fully saturated rings. The summed E-state index contributed by atoms with van der Waals surface area (Å²) in [5.74, 6) is 1.10. The van der Waals surface area contributed by atoms with Crippen LogP contribution in [0.2, 0.25) is 0 Å². The number of carbonyl (C=O) groups is 4. The Morgan fingerprint density at radius 3 is 0.657 bits per heavy atom. The lowest BCUT2D eigenvalue weighted by Crippen LogP contribution is -2.30. The van der Waals surface area contributed by atoms with Gasteiger partial charge in [-0.05, 0) is 49.4 Å². The van der Waals surface area contributed by atoms with E-state index in [2.05, 4.69) is 55.4 Å². The fourth-order valence-corrected chi connectivity index (χ4v) is 15.4. The Hall–Kier alpha value is -1.94. The monoisotopic (exact) mass is 1580 g/mol. The molecular weight excluding hydrogens is 1400 g/mol. The van der Waals surface area contributed by atoms with E-state index < -0.39 is 97.5 Å². The van der Waals surface area contributed by atoms with Gasteiger partial charge in [0.1, 0.15) is 19.3 Å². The number of phosphoric acid groups is 2. The van der Waals surface area contributed by atoms with E-state index in [0.717, 1.165) is 120 Å². The predicted octanol–water partition coefficient (Wildman–Crippen LogP) is 27.1. The van der Waals surface area contributed by atoms with E-state index in [-0.39, 0.29) is 25.7 Å². The molecule has 0 bridgehead atoms. The van der Waals surface area contributed by atoms with Crippen LogP contribution in [0.15, 0.2) is 0 Å². The number of hydrogen-bond acceptors (Lipinski definition) is 15. The molecule has 0 aromatic rings. The molecule has 0 aromatic heterocycles. The van der Waals surface area contributed by atoms with Gasteiger partial charge in [0, 0.05) is 25.7 Å². The van der Waals surface area contributed by atoms with Gasteiger partial charge in [-0.25, -0.2) is 9.13 Å². The lowest BCUT2D eigenvalue weighted by molar-refractivity contribution is -0.161. The zero-order valence-electron chi connectivity index (χ0n) is 71.5. The van der Waals surface area contributed by atoms with E-state index in [1.54, 1.807) is 0 Å². The number of ether oxygens (including phenoxy) is 4. The second kappa shape index (κ2) is 77.6. The first kappa shape index (κ1) is 106. The van der Waals surface area contributed by atoms with Gasteiger partial charge in [0.05, 0.1) is 26.4 Å². The second-order valence-corrected chi connectivity index (χ2v) is 36.3. The average Bonchev–Trinajstić information content (AvgIpc) is 0.901. The number of hydrogen-bond donors (Lipinski definition) is 3. The zero-order valence-corrected chi connectivity index (χ0v) is 73.3. The Labute approximate surface area is 664 Å². The summed E-state index contributed by atoms with van der Waals surface area (Å²) in [7, 11) is -9.93. The number of rotatable bonds is 86. The van der Waals surface area contributed by atoms with Crippen LogP contribution in [-0.4, -0.2) is 96.7 Å². The predicted molar refractivity (Wildman–Crippen MR) is 446 cm³/mol. The van der Waals surface area contributed by atoms with Crippen LogP contribution in [0.3, 0.4) is 0 Å². The molecule has 4 unspecified atom stereocenters. The molecule has 642 valence electrons. The van der Waals surface area contributed by atoms with Crippen molar-refractivity contribution < 1.29 is 80.2 Å². The van der Waals surface area contributed by atoms with Crippen molar-refractivity contribution in [3.8, 4) is 0 Å². The van der Waals surface area contributed by atoms with Crippen molar-refractivity contribution in [2.45, 2.75) is 485 Å². The summed E-state index contributed by atoms with van der Waals surface area (Å²) < 4.78 is 69.0. The van der Waals surface area contributed by atoms with Crippen molar-refractivity contribution in [2.75, 3.05) is 39.6 Å². The van der Waals surface area contributed by atoms with Crippen molar-refractivity contribution in [2.24, 2.45) is 23.7 Å². The van der Waals surface area contributed by atoms with Gasteiger partial charge in [-0.3, -0.25) is 37.3 Å². The first-order chi connectivity index (χ1) is 52.2. The Bertz CT molecular complexity index is 2100. The standard InChI is InChI=1S/C89H174O17P2/c1-9-81(7)67-59-51-43-37-31-25-18-13-11-12-14-20-27-33-39-45-55-63-71-88(93)105-84(75-99-86(91)69-61-53-44-38-32-26-19-16-15-17-23-29-35-41-49-57-65-79(3)4)77-103-107(95,96)101-73-83(90)74-102-108(97,98)104-78-85(76-100-87(92)70-62-54-48-47-52-60-68-82(8)10-2)106-89(94)72-64-56-46-40-34-28-22-21-24-30-36-42-50-58-66-80(5)6/h79-85,90H,9-78H2,1-8H3,(H,95,96)(H,97,98)/t81?,82?,83-,84-,85-/m1/s1. The first-order valence-corrected chi connectivity index (χ1v) is 48.8. The third kappa shape index (κ3) is 79.3. The largest absolute Gasteiger partial charge is 0.472 e. The van der Waals surface area contributed by atoms with Gasteiger partial charge in [-0.15, -0.1) is 0 Å². The zero-order chi connectivity index (χ0) is 79.5. The Balaban J connectivity index is 5.23. The second-order valence-electron chi connectivity index (χ2n) is 33.4. The van der Waals surface area contributed by atoms with Crippen LogP contribution < -0.4 is 0 Å². The number of unbranched alkanes of at least 4 members (excludes halogenated alkanes) is 50. The van der Waals surface area contributed by atoms with Crippen LogP contribution >= 0.6 is 15.6 Å². The van der Waals surface area contributed by atoms with E-state index in [1.807, 2.05) is 0 Å². The van der Waals surface area contributed by atoms with Crippen LogP contribution in [0.25, 0.3) is 0 Å². The number of esters is 4. The van der Waals surface area contributed by atoms with Crippen molar-refractivity contribution in [3.63, 3.8) is 0 Å². The first-order valence-electron chi connectivity index (χ1n) is 45.8. The molecule has 7 atom stereocenters. The summed E-state index contributed by atoms with van der Waals surface area (Å²) in [5, 5.41) is 10.7. The Morgan fingerprint density at radius 2 is 0.444 bits per heavy atom. The van der Waals surface area contributed by atoms with Crippen molar-refractivity contribution in [1.82, 2.24) is 0 Å². The molecule has 0 aliphatic heterocycles.